The zero-order chi connectivity index (χ0) is 40.8. The minimum atomic E-state index is -0.815. The highest BCUT2D eigenvalue weighted by Crippen LogP contribution is 2.13. The van der Waals surface area contributed by atoms with E-state index in [0.29, 0.717) is 19.3 Å². The first-order chi connectivity index (χ1) is 27.5. The summed E-state index contributed by atoms with van der Waals surface area (Å²) in [5, 5.41) is 0. The highest BCUT2D eigenvalue weighted by atomic mass is 16.6. The van der Waals surface area contributed by atoms with Gasteiger partial charge in [0.15, 0.2) is 6.10 Å². The van der Waals surface area contributed by atoms with E-state index >= 15 is 0 Å². The summed E-state index contributed by atoms with van der Waals surface area (Å²) in [6.07, 6.45) is 54.9. The van der Waals surface area contributed by atoms with E-state index in [1.54, 1.807) is 0 Å². The summed E-state index contributed by atoms with van der Waals surface area (Å²) < 4.78 is 16.6. The first-order valence-electron chi connectivity index (χ1n) is 22.9. The molecule has 1 atom stereocenters. The third-order valence-corrected chi connectivity index (χ3v) is 9.43. The third kappa shape index (κ3) is 42.0. The summed E-state index contributed by atoms with van der Waals surface area (Å²) in [5.41, 5.74) is 0. The fourth-order valence-electron chi connectivity index (χ4n) is 6.03. The van der Waals surface area contributed by atoms with E-state index in [9.17, 15) is 14.4 Å². The average molecular weight is 781 g/mol. The zero-order valence-electron chi connectivity index (χ0n) is 36.4. The van der Waals surface area contributed by atoms with E-state index in [4.69, 9.17) is 14.2 Å². The molecule has 0 aliphatic carbocycles. The Balaban J connectivity index is 4.38. The van der Waals surface area contributed by atoms with Gasteiger partial charge in [0.05, 0.1) is 0 Å². The molecule has 0 amide bonds. The van der Waals surface area contributed by atoms with Gasteiger partial charge in [0, 0.05) is 19.3 Å². The molecule has 320 valence electrons. The molecule has 0 bridgehead atoms. The quantitative estimate of drug-likeness (QED) is 0.0267. The Kier molecular flexibility index (Phi) is 42.1. The normalized spacial score (nSPS) is 12.7. The number of allylic oxidation sites excluding steroid dienone is 12. The standard InChI is InChI=1S/C50H84O6/c1-4-7-10-13-16-19-21-22-23-24-25-26-27-29-31-34-37-40-43-49(52)55-46-47(45-54-48(51)42-39-36-33-30-18-15-12-9-6-3)56-50(53)44-41-38-35-32-28-20-17-14-11-8-5-2/h8-9,11-12,17-18,20,25-26,30,32,35,47H,4-7,10,13-16,19,21-24,27-29,31,33-34,36-46H2,1-3H3/b11-8-,12-9-,20-17-,26-25-,30-18-,35-32-. The van der Waals surface area contributed by atoms with Crippen LogP contribution in [0.5, 0.6) is 0 Å². The molecule has 0 aliphatic heterocycles. The van der Waals surface area contributed by atoms with Crippen molar-refractivity contribution in [2.75, 3.05) is 13.2 Å². The van der Waals surface area contributed by atoms with Gasteiger partial charge in [0.2, 0.25) is 0 Å². The molecule has 0 radical (unpaired) electrons. The van der Waals surface area contributed by atoms with Crippen LogP contribution in [0.4, 0.5) is 0 Å². The van der Waals surface area contributed by atoms with Gasteiger partial charge >= 0.3 is 17.9 Å². The van der Waals surface area contributed by atoms with Crippen LogP contribution < -0.4 is 0 Å². The average Bonchev–Trinajstić information content (AvgIpc) is 3.19. The molecule has 0 aromatic carbocycles. The molecule has 0 spiro atoms. The van der Waals surface area contributed by atoms with E-state index in [2.05, 4.69) is 93.7 Å². The first kappa shape index (κ1) is 52.9. The highest BCUT2D eigenvalue weighted by molar-refractivity contribution is 5.71. The lowest BCUT2D eigenvalue weighted by molar-refractivity contribution is -0.167. The minimum absolute atomic E-state index is 0.111. The van der Waals surface area contributed by atoms with Crippen LogP contribution in [0.25, 0.3) is 0 Å². The Morgan fingerprint density at radius 2 is 0.714 bits per heavy atom. The fourth-order valence-corrected chi connectivity index (χ4v) is 6.03. The summed E-state index contributed by atoms with van der Waals surface area (Å²) in [4.78, 5) is 37.6. The molecule has 0 rings (SSSR count). The molecule has 6 heteroatoms. The summed E-state index contributed by atoms with van der Waals surface area (Å²) >= 11 is 0. The van der Waals surface area contributed by atoms with Gasteiger partial charge in [-0.25, -0.2) is 0 Å². The second-order valence-electron chi connectivity index (χ2n) is 14.9. The number of rotatable bonds is 40. The van der Waals surface area contributed by atoms with Crippen LogP contribution in [0.15, 0.2) is 72.9 Å². The Bertz CT molecular complexity index is 1080. The van der Waals surface area contributed by atoms with Gasteiger partial charge in [-0.1, -0.05) is 164 Å². The van der Waals surface area contributed by atoms with Crippen LogP contribution in [-0.2, 0) is 28.6 Å². The lowest BCUT2D eigenvalue weighted by Gasteiger charge is -2.18. The highest BCUT2D eigenvalue weighted by Gasteiger charge is 2.19. The Hall–Kier alpha value is -3.15. The molecule has 1 unspecified atom stereocenters. The van der Waals surface area contributed by atoms with E-state index < -0.39 is 6.10 Å². The molecule has 0 aliphatic rings. The zero-order valence-corrected chi connectivity index (χ0v) is 36.4. The van der Waals surface area contributed by atoms with Gasteiger partial charge in [0.1, 0.15) is 13.2 Å². The van der Waals surface area contributed by atoms with Crippen molar-refractivity contribution in [3.63, 3.8) is 0 Å². The largest absolute Gasteiger partial charge is 0.462 e. The van der Waals surface area contributed by atoms with Crippen molar-refractivity contribution in [2.45, 2.75) is 213 Å². The van der Waals surface area contributed by atoms with Crippen LogP contribution in [0, 0.1) is 0 Å². The van der Waals surface area contributed by atoms with Crippen molar-refractivity contribution in [2.24, 2.45) is 0 Å². The lowest BCUT2D eigenvalue weighted by Crippen LogP contribution is -2.30. The maximum Gasteiger partial charge on any atom is 0.306 e. The summed E-state index contributed by atoms with van der Waals surface area (Å²) in [7, 11) is 0. The first-order valence-corrected chi connectivity index (χ1v) is 22.9. The number of hydrogen-bond acceptors (Lipinski definition) is 6. The fraction of sp³-hybridized carbons (Fsp3) is 0.700. The molecule has 6 nitrogen and oxygen atoms in total. The summed E-state index contributed by atoms with van der Waals surface area (Å²) in [5.74, 6) is -1.02. The van der Waals surface area contributed by atoms with Crippen molar-refractivity contribution in [1.29, 1.82) is 0 Å². The van der Waals surface area contributed by atoms with Crippen molar-refractivity contribution in [3.05, 3.63) is 72.9 Å². The van der Waals surface area contributed by atoms with Crippen LogP contribution >= 0.6 is 0 Å². The van der Waals surface area contributed by atoms with Gasteiger partial charge in [-0.2, -0.15) is 0 Å². The molecule has 0 saturated heterocycles. The topological polar surface area (TPSA) is 78.9 Å². The number of unbranched alkanes of at least 4 members (excludes halogenated alkanes) is 17. The molecular weight excluding hydrogens is 697 g/mol. The lowest BCUT2D eigenvalue weighted by atomic mass is 10.1. The van der Waals surface area contributed by atoms with Crippen molar-refractivity contribution in [3.8, 4) is 0 Å². The second kappa shape index (κ2) is 44.6. The molecule has 0 aromatic rings. The summed E-state index contributed by atoms with van der Waals surface area (Å²) in [6, 6.07) is 0. The number of carbonyl (C=O) groups excluding carboxylic acids is 3. The predicted octanol–water partition coefficient (Wildman–Crippen LogP) is 14.7. The van der Waals surface area contributed by atoms with Crippen LogP contribution in [0.1, 0.15) is 207 Å². The summed E-state index contributed by atoms with van der Waals surface area (Å²) in [6.45, 7) is 6.29. The molecular formula is C50H84O6. The van der Waals surface area contributed by atoms with Crippen molar-refractivity contribution < 1.29 is 28.6 Å². The van der Waals surface area contributed by atoms with E-state index in [0.717, 1.165) is 89.9 Å². The van der Waals surface area contributed by atoms with E-state index in [-0.39, 0.29) is 37.5 Å². The Morgan fingerprint density at radius 1 is 0.375 bits per heavy atom. The van der Waals surface area contributed by atoms with Gasteiger partial charge in [0.25, 0.3) is 0 Å². The smallest absolute Gasteiger partial charge is 0.306 e. The van der Waals surface area contributed by atoms with Gasteiger partial charge < -0.3 is 14.2 Å². The monoisotopic (exact) mass is 781 g/mol. The van der Waals surface area contributed by atoms with E-state index in [1.165, 1.54) is 70.6 Å². The maximum atomic E-state index is 12.7. The number of carbonyl (C=O) groups is 3. The molecule has 0 aromatic heterocycles. The number of ether oxygens (including phenoxy) is 3. The predicted molar refractivity (Wildman–Crippen MR) is 238 cm³/mol. The van der Waals surface area contributed by atoms with Gasteiger partial charge in [-0.05, 0) is 96.3 Å². The molecule has 0 N–H and O–H groups in total. The van der Waals surface area contributed by atoms with Gasteiger partial charge in [-0.15, -0.1) is 0 Å². The molecule has 0 heterocycles. The number of esters is 3. The maximum absolute atomic E-state index is 12.7. The van der Waals surface area contributed by atoms with Gasteiger partial charge in [-0.3, -0.25) is 14.4 Å². The third-order valence-electron chi connectivity index (χ3n) is 9.43. The van der Waals surface area contributed by atoms with Crippen LogP contribution in [0.2, 0.25) is 0 Å². The molecule has 0 fully saturated rings. The molecule has 56 heavy (non-hydrogen) atoms. The second-order valence-corrected chi connectivity index (χ2v) is 14.9. The molecule has 0 saturated carbocycles. The number of hydrogen-bond donors (Lipinski definition) is 0. The van der Waals surface area contributed by atoms with Crippen LogP contribution in [0.3, 0.4) is 0 Å². The minimum Gasteiger partial charge on any atom is -0.462 e. The van der Waals surface area contributed by atoms with Crippen molar-refractivity contribution >= 4 is 17.9 Å². The van der Waals surface area contributed by atoms with E-state index in [1.807, 2.05) is 0 Å². The SMILES string of the molecule is CC/C=C\C/C=C\C/C=C\CCCC(=O)OC(COC(=O)CCCC/C=C\C/C=C\CC)COC(=O)CCCCCCC/C=C\CCCCCCCCCCC. The Labute approximate surface area is 344 Å². The van der Waals surface area contributed by atoms with Crippen LogP contribution in [-0.4, -0.2) is 37.2 Å². The Morgan fingerprint density at radius 3 is 1.20 bits per heavy atom. The van der Waals surface area contributed by atoms with Crippen molar-refractivity contribution in [1.82, 2.24) is 0 Å².